The second kappa shape index (κ2) is 14.4. The van der Waals surface area contributed by atoms with E-state index in [1.54, 1.807) is 0 Å². The normalized spacial score (nSPS) is 12.1. The standard InChI is InChI=1S/C62H39OP/c63-64(42-22-2-1-3-23-42,61-53-34-16-12-30-49(53)59(50-31-13-17-35-54(50)61)57-38-40-20-4-6-24-43(40)45-26-8-10-28-47(45)57)62-55-36-18-14-32-51(55)60(52-33-15-19-37-56(52)62)58-39-41-21-5-7-25-44(41)46-27-9-11-29-48(46)58/h1-39H. The second-order valence-electron chi connectivity index (χ2n) is 17.0. The van der Waals surface area contributed by atoms with E-state index in [1.165, 1.54) is 54.2 Å². The van der Waals surface area contributed by atoms with Crippen LogP contribution < -0.4 is 15.9 Å². The van der Waals surface area contributed by atoms with Gasteiger partial charge < -0.3 is 4.57 Å². The van der Waals surface area contributed by atoms with Crippen molar-refractivity contribution >= 4 is 109 Å². The molecule has 64 heavy (non-hydrogen) atoms. The van der Waals surface area contributed by atoms with Crippen LogP contribution in [0.5, 0.6) is 0 Å². The zero-order valence-corrected chi connectivity index (χ0v) is 35.8. The molecular formula is C62H39OP. The predicted octanol–water partition coefficient (Wildman–Crippen LogP) is 15.9. The van der Waals surface area contributed by atoms with E-state index < -0.39 is 7.14 Å². The van der Waals surface area contributed by atoms with E-state index in [4.69, 9.17) is 0 Å². The summed E-state index contributed by atoms with van der Waals surface area (Å²) in [5.74, 6) is 0. The van der Waals surface area contributed by atoms with E-state index in [0.29, 0.717) is 0 Å². The van der Waals surface area contributed by atoms with Gasteiger partial charge >= 0.3 is 0 Å². The highest BCUT2D eigenvalue weighted by molar-refractivity contribution is 7.87. The molecule has 0 aliphatic heterocycles. The molecule has 13 aromatic rings. The average molecular weight is 831 g/mol. The molecular weight excluding hydrogens is 792 g/mol. The molecule has 13 aromatic carbocycles. The molecule has 0 saturated carbocycles. The van der Waals surface area contributed by atoms with Crippen LogP contribution in [0.3, 0.4) is 0 Å². The lowest BCUT2D eigenvalue weighted by atomic mass is 9.87. The first kappa shape index (κ1) is 36.8. The first-order valence-electron chi connectivity index (χ1n) is 22.0. The number of benzene rings is 13. The molecule has 0 atom stereocenters. The Bertz CT molecular complexity index is 3750. The highest BCUT2D eigenvalue weighted by Gasteiger charge is 2.38. The summed E-state index contributed by atoms with van der Waals surface area (Å²) in [6.45, 7) is 0. The van der Waals surface area contributed by atoms with Crippen molar-refractivity contribution in [2.45, 2.75) is 0 Å². The second-order valence-corrected chi connectivity index (χ2v) is 19.6. The van der Waals surface area contributed by atoms with Crippen molar-refractivity contribution in [3.63, 3.8) is 0 Å². The number of rotatable bonds is 5. The van der Waals surface area contributed by atoms with Gasteiger partial charge in [-0.3, -0.25) is 0 Å². The molecule has 0 spiro atoms. The minimum absolute atomic E-state index is 0.813. The molecule has 0 saturated heterocycles. The Morgan fingerprint density at radius 2 is 0.500 bits per heavy atom. The molecule has 0 heterocycles. The van der Waals surface area contributed by atoms with Crippen molar-refractivity contribution < 1.29 is 4.57 Å². The Morgan fingerprint density at radius 1 is 0.234 bits per heavy atom. The summed E-state index contributed by atoms with van der Waals surface area (Å²) >= 11 is 0. The molecule has 298 valence electrons. The van der Waals surface area contributed by atoms with Crippen LogP contribution in [-0.2, 0) is 4.57 Å². The van der Waals surface area contributed by atoms with Crippen LogP contribution in [0.25, 0.3) is 108 Å². The molecule has 0 aliphatic rings. The minimum atomic E-state index is -3.76. The summed E-state index contributed by atoms with van der Waals surface area (Å²) in [6.07, 6.45) is 0. The Balaban J connectivity index is 1.21. The van der Waals surface area contributed by atoms with Crippen LogP contribution in [0.1, 0.15) is 0 Å². The molecule has 1 nitrogen and oxygen atoms in total. The molecule has 0 aromatic heterocycles. The molecule has 2 heteroatoms. The topological polar surface area (TPSA) is 17.1 Å². The maximum Gasteiger partial charge on any atom is 0.173 e. The van der Waals surface area contributed by atoms with Gasteiger partial charge in [-0.15, -0.1) is 0 Å². The Kier molecular flexibility index (Phi) is 8.26. The van der Waals surface area contributed by atoms with E-state index in [0.717, 1.165) is 70.1 Å². The highest BCUT2D eigenvalue weighted by atomic mass is 31.2. The van der Waals surface area contributed by atoms with Gasteiger partial charge in [0, 0.05) is 15.9 Å². The van der Waals surface area contributed by atoms with E-state index in [9.17, 15) is 0 Å². The fourth-order valence-corrected chi connectivity index (χ4v) is 14.5. The molecule has 0 bridgehead atoms. The van der Waals surface area contributed by atoms with Gasteiger partial charge in [0.1, 0.15) is 0 Å². The van der Waals surface area contributed by atoms with Gasteiger partial charge in [0.15, 0.2) is 7.14 Å². The van der Waals surface area contributed by atoms with Gasteiger partial charge in [0.05, 0.1) is 0 Å². The van der Waals surface area contributed by atoms with Gasteiger partial charge in [-0.25, -0.2) is 0 Å². The van der Waals surface area contributed by atoms with Crippen LogP contribution in [0.2, 0.25) is 0 Å². The van der Waals surface area contributed by atoms with Crippen molar-refractivity contribution in [3.8, 4) is 22.3 Å². The molecule has 0 amide bonds. The van der Waals surface area contributed by atoms with Gasteiger partial charge in [-0.2, -0.15) is 0 Å². The van der Waals surface area contributed by atoms with Crippen LogP contribution in [0.15, 0.2) is 237 Å². The Labute approximate surface area is 370 Å². The number of hydrogen-bond donors (Lipinski definition) is 0. The zero-order valence-electron chi connectivity index (χ0n) is 34.9. The lowest BCUT2D eigenvalue weighted by Crippen LogP contribution is -2.28. The first-order chi connectivity index (χ1) is 31.7. The molecule has 0 fully saturated rings. The van der Waals surface area contributed by atoms with Gasteiger partial charge in [-0.1, -0.05) is 224 Å². The van der Waals surface area contributed by atoms with E-state index >= 15 is 4.57 Å². The largest absolute Gasteiger partial charge is 0.309 e. The maximum absolute atomic E-state index is 17.9. The van der Waals surface area contributed by atoms with Crippen molar-refractivity contribution in [2.24, 2.45) is 0 Å². The Hall–Kier alpha value is -7.83. The third-order valence-electron chi connectivity index (χ3n) is 13.6. The summed E-state index contributed by atoms with van der Waals surface area (Å²) in [4.78, 5) is 0. The van der Waals surface area contributed by atoms with E-state index in [-0.39, 0.29) is 0 Å². The summed E-state index contributed by atoms with van der Waals surface area (Å²) < 4.78 is 17.9. The number of hydrogen-bond acceptors (Lipinski definition) is 1. The predicted molar refractivity (Wildman–Crippen MR) is 277 cm³/mol. The van der Waals surface area contributed by atoms with Gasteiger partial charge in [0.2, 0.25) is 0 Å². The molecule has 0 radical (unpaired) electrons. The average Bonchev–Trinajstić information content (AvgIpc) is 3.37. The van der Waals surface area contributed by atoms with Gasteiger partial charge in [-0.05, 0) is 121 Å². The van der Waals surface area contributed by atoms with E-state index in [1.807, 2.05) is 18.2 Å². The third kappa shape index (κ3) is 5.29. The van der Waals surface area contributed by atoms with Crippen LogP contribution >= 0.6 is 7.14 Å². The lowest BCUT2D eigenvalue weighted by molar-refractivity contribution is 0.593. The minimum Gasteiger partial charge on any atom is -0.309 e. The van der Waals surface area contributed by atoms with Crippen molar-refractivity contribution in [1.82, 2.24) is 0 Å². The van der Waals surface area contributed by atoms with Crippen LogP contribution in [-0.4, -0.2) is 0 Å². The molecule has 13 rings (SSSR count). The summed E-state index contributed by atoms with van der Waals surface area (Å²) in [7, 11) is -3.76. The monoisotopic (exact) mass is 830 g/mol. The summed E-state index contributed by atoms with van der Waals surface area (Å²) in [5.41, 5.74) is 4.66. The van der Waals surface area contributed by atoms with Crippen LogP contribution in [0, 0.1) is 0 Å². The van der Waals surface area contributed by atoms with Crippen molar-refractivity contribution in [3.05, 3.63) is 237 Å². The summed E-state index contributed by atoms with van der Waals surface area (Å²) in [5, 5.41) is 20.6. The Morgan fingerprint density at radius 3 is 0.859 bits per heavy atom. The smallest absolute Gasteiger partial charge is 0.173 e. The first-order valence-corrected chi connectivity index (χ1v) is 23.7. The molecule has 0 aliphatic carbocycles. The van der Waals surface area contributed by atoms with Crippen molar-refractivity contribution in [2.75, 3.05) is 0 Å². The highest BCUT2D eigenvalue weighted by Crippen LogP contribution is 2.54. The third-order valence-corrected chi connectivity index (χ3v) is 16.9. The molecule has 0 N–H and O–H groups in total. The van der Waals surface area contributed by atoms with Crippen molar-refractivity contribution in [1.29, 1.82) is 0 Å². The lowest BCUT2D eigenvalue weighted by Gasteiger charge is -2.29. The van der Waals surface area contributed by atoms with E-state index in [2.05, 4.69) is 218 Å². The fraction of sp³-hybridized carbons (Fsp3) is 0. The summed E-state index contributed by atoms with van der Waals surface area (Å²) in [6, 6.07) is 84.7. The zero-order chi connectivity index (χ0) is 42.4. The van der Waals surface area contributed by atoms with Gasteiger partial charge in [0.25, 0.3) is 0 Å². The fourth-order valence-electron chi connectivity index (χ4n) is 11.0. The molecule has 0 unspecified atom stereocenters. The number of fused-ring (bicyclic) bond motifs is 10. The maximum atomic E-state index is 17.9. The van der Waals surface area contributed by atoms with Crippen LogP contribution in [0.4, 0.5) is 0 Å². The SMILES string of the molecule is O=P(c1ccccc1)(c1c2ccccc2c(-c2cc3ccccc3c3ccccc23)c2ccccc12)c1c2ccccc2c(-c2cc3ccccc3c3ccccc23)c2ccccc12. The quantitative estimate of drug-likeness (QED) is 0.0959.